The van der Waals surface area contributed by atoms with Gasteiger partial charge in [-0.05, 0) is 72.4 Å². The molecular weight excluding hydrogens is 572 g/mol. The first-order valence-electron chi connectivity index (χ1n) is 15.3. The number of benzene rings is 5. The van der Waals surface area contributed by atoms with Gasteiger partial charge >= 0.3 is 0 Å². The van der Waals surface area contributed by atoms with Gasteiger partial charge < -0.3 is 21.7 Å². The zero-order chi connectivity index (χ0) is 32.5. The lowest BCUT2D eigenvalue weighted by atomic mass is 9.95. The van der Waals surface area contributed by atoms with Gasteiger partial charge in [0.2, 0.25) is 11.8 Å². The van der Waals surface area contributed by atoms with Crippen LogP contribution in [-0.2, 0) is 16.0 Å². The standard InChI is InChI=1S/C39H38N4O3/c1-26(29-12-6-3-7-13-29)41-38(45)34(39(46)42-27(2)30-14-8-4-9-15-30)24-28-18-20-32(21-19-28)37(44)43-36-25-33(22-23-35(36)40)31-16-10-5-11-17-31/h3-23,25-27,34H,24,40H2,1-2H3,(H,41,45)(H,42,46)(H,43,44). The van der Waals surface area contributed by atoms with E-state index in [1.54, 1.807) is 30.3 Å². The molecule has 5 rings (SSSR count). The number of anilines is 2. The summed E-state index contributed by atoms with van der Waals surface area (Å²) in [5.41, 5.74) is 12.2. The second-order valence-electron chi connectivity index (χ2n) is 11.4. The number of carbonyl (C=O) groups excluding carboxylic acids is 3. The fourth-order valence-corrected chi connectivity index (χ4v) is 5.28. The van der Waals surface area contributed by atoms with Crippen LogP contribution in [0.25, 0.3) is 11.1 Å². The van der Waals surface area contributed by atoms with E-state index in [0.29, 0.717) is 16.9 Å². The summed E-state index contributed by atoms with van der Waals surface area (Å²) in [6, 6.07) is 41.0. The van der Waals surface area contributed by atoms with Crippen molar-refractivity contribution in [3.05, 3.63) is 156 Å². The van der Waals surface area contributed by atoms with Crippen molar-refractivity contribution >= 4 is 29.1 Å². The second-order valence-corrected chi connectivity index (χ2v) is 11.4. The molecule has 0 aliphatic carbocycles. The van der Waals surface area contributed by atoms with Crippen LogP contribution in [0.15, 0.2) is 133 Å². The van der Waals surface area contributed by atoms with Crippen LogP contribution < -0.4 is 21.7 Å². The van der Waals surface area contributed by atoms with Gasteiger partial charge in [0, 0.05) is 5.56 Å². The Balaban J connectivity index is 1.30. The lowest BCUT2D eigenvalue weighted by Crippen LogP contribution is -2.43. The van der Waals surface area contributed by atoms with E-state index in [1.807, 2.05) is 117 Å². The molecule has 0 saturated carbocycles. The van der Waals surface area contributed by atoms with E-state index in [0.717, 1.165) is 27.8 Å². The molecular formula is C39H38N4O3. The van der Waals surface area contributed by atoms with Gasteiger partial charge in [-0.25, -0.2) is 0 Å². The van der Waals surface area contributed by atoms with E-state index in [2.05, 4.69) is 16.0 Å². The molecule has 0 fully saturated rings. The Kier molecular flexibility index (Phi) is 10.2. The van der Waals surface area contributed by atoms with Gasteiger partial charge in [-0.2, -0.15) is 0 Å². The van der Waals surface area contributed by atoms with Crippen molar-refractivity contribution in [2.75, 3.05) is 11.1 Å². The second kappa shape index (κ2) is 14.9. The number of amides is 3. The molecule has 0 heterocycles. The fourth-order valence-electron chi connectivity index (χ4n) is 5.28. The minimum Gasteiger partial charge on any atom is -0.397 e. The summed E-state index contributed by atoms with van der Waals surface area (Å²) in [6.07, 6.45) is 0.161. The summed E-state index contributed by atoms with van der Waals surface area (Å²) in [5, 5.41) is 8.94. The quantitative estimate of drug-likeness (QED) is 0.0944. The van der Waals surface area contributed by atoms with Crippen LogP contribution in [0.5, 0.6) is 0 Å². The predicted molar refractivity (Wildman–Crippen MR) is 184 cm³/mol. The lowest BCUT2D eigenvalue weighted by Gasteiger charge is -2.23. The Morgan fingerprint density at radius 2 is 1.11 bits per heavy atom. The largest absolute Gasteiger partial charge is 0.397 e. The van der Waals surface area contributed by atoms with E-state index >= 15 is 0 Å². The third kappa shape index (κ3) is 8.07. The number of nitrogens with one attached hydrogen (secondary N) is 3. The first-order valence-corrected chi connectivity index (χ1v) is 15.3. The van der Waals surface area contributed by atoms with Gasteiger partial charge in [-0.15, -0.1) is 0 Å². The predicted octanol–water partition coefficient (Wildman–Crippen LogP) is 7.10. The Bertz CT molecular complexity index is 1720. The molecule has 3 amide bonds. The zero-order valence-corrected chi connectivity index (χ0v) is 25.9. The number of nitrogens with two attached hydrogens (primary N) is 1. The molecule has 7 heteroatoms. The highest BCUT2D eigenvalue weighted by Gasteiger charge is 2.29. The van der Waals surface area contributed by atoms with Crippen LogP contribution in [-0.4, -0.2) is 17.7 Å². The summed E-state index contributed by atoms with van der Waals surface area (Å²) in [7, 11) is 0. The zero-order valence-electron chi connectivity index (χ0n) is 25.9. The van der Waals surface area contributed by atoms with Gasteiger partial charge in [0.05, 0.1) is 23.5 Å². The summed E-state index contributed by atoms with van der Waals surface area (Å²) in [4.78, 5) is 40.3. The van der Waals surface area contributed by atoms with Gasteiger partial charge in [-0.1, -0.05) is 109 Å². The molecule has 7 nitrogen and oxygen atoms in total. The van der Waals surface area contributed by atoms with Gasteiger partial charge in [-0.3, -0.25) is 14.4 Å². The van der Waals surface area contributed by atoms with Crippen molar-refractivity contribution in [3.63, 3.8) is 0 Å². The Hall–Kier alpha value is -5.69. The van der Waals surface area contributed by atoms with Gasteiger partial charge in [0.25, 0.3) is 5.91 Å². The van der Waals surface area contributed by atoms with Crippen LogP contribution in [0.3, 0.4) is 0 Å². The van der Waals surface area contributed by atoms with Crippen molar-refractivity contribution in [1.82, 2.24) is 10.6 Å². The van der Waals surface area contributed by atoms with Gasteiger partial charge in [0.1, 0.15) is 5.92 Å². The third-order valence-corrected chi connectivity index (χ3v) is 8.01. The molecule has 0 aliphatic heterocycles. The summed E-state index contributed by atoms with van der Waals surface area (Å²) in [5.74, 6) is -2.05. The van der Waals surface area contributed by atoms with Crippen LogP contribution in [0.2, 0.25) is 0 Å². The summed E-state index contributed by atoms with van der Waals surface area (Å²) < 4.78 is 0. The summed E-state index contributed by atoms with van der Waals surface area (Å²) >= 11 is 0. The highest BCUT2D eigenvalue weighted by Crippen LogP contribution is 2.28. The molecule has 0 spiro atoms. The smallest absolute Gasteiger partial charge is 0.255 e. The third-order valence-electron chi connectivity index (χ3n) is 8.01. The highest BCUT2D eigenvalue weighted by atomic mass is 16.2. The average Bonchev–Trinajstić information content (AvgIpc) is 3.09. The summed E-state index contributed by atoms with van der Waals surface area (Å²) in [6.45, 7) is 3.79. The van der Waals surface area contributed by atoms with E-state index in [-0.39, 0.29) is 36.2 Å². The minimum absolute atomic E-state index is 0.161. The topological polar surface area (TPSA) is 113 Å². The van der Waals surface area contributed by atoms with Crippen molar-refractivity contribution in [3.8, 4) is 11.1 Å². The number of nitrogen functional groups attached to an aromatic ring is 1. The molecule has 5 aromatic carbocycles. The van der Waals surface area contributed by atoms with E-state index in [4.69, 9.17) is 5.73 Å². The van der Waals surface area contributed by atoms with Crippen LogP contribution in [0, 0.1) is 5.92 Å². The van der Waals surface area contributed by atoms with Crippen molar-refractivity contribution < 1.29 is 14.4 Å². The SMILES string of the molecule is CC(NC(=O)C(Cc1ccc(C(=O)Nc2cc(-c3ccccc3)ccc2N)cc1)C(=O)NC(C)c1ccccc1)c1ccccc1. The number of carbonyl (C=O) groups is 3. The Morgan fingerprint density at radius 1 is 0.609 bits per heavy atom. The van der Waals surface area contributed by atoms with Gasteiger partial charge in [0.15, 0.2) is 0 Å². The molecule has 0 aliphatic rings. The van der Waals surface area contributed by atoms with E-state index in [1.165, 1.54) is 0 Å². The number of hydrogen-bond donors (Lipinski definition) is 4. The van der Waals surface area contributed by atoms with Crippen molar-refractivity contribution in [2.45, 2.75) is 32.4 Å². The van der Waals surface area contributed by atoms with Crippen LogP contribution >= 0.6 is 0 Å². The molecule has 0 radical (unpaired) electrons. The van der Waals surface area contributed by atoms with E-state index < -0.39 is 5.92 Å². The highest BCUT2D eigenvalue weighted by molar-refractivity contribution is 6.06. The maximum atomic E-state index is 13.6. The maximum Gasteiger partial charge on any atom is 0.255 e. The normalized spacial score (nSPS) is 12.7. The molecule has 5 N–H and O–H groups in total. The first kappa shape index (κ1) is 31.7. The molecule has 5 aromatic rings. The van der Waals surface area contributed by atoms with Crippen molar-refractivity contribution in [1.29, 1.82) is 0 Å². The minimum atomic E-state index is -0.988. The van der Waals surface area contributed by atoms with E-state index in [9.17, 15) is 14.4 Å². The van der Waals surface area contributed by atoms with Crippen molar-refractivity contribution in [2.24, 2.45) is 5.92 Å². The Labute approximate surface area is 269 Å². The molecule has 2 atom stereocenters. The first-order chi connectivity index (χ1) is 22.3. The molecule has 2 unspecified atom stereocenters. The average molecular weight is 611 g/mol. The number of rotatable bonds is 11. The van der Waals surface area contributed by atoms with Crippen LogP contribution in [0.1, 0.15) is 53.0 Å². The van der Waals surface area contributed by atoms with Crippen LogP contribution in [0.4, 0.5) is 11.4 Å². The number of hydrogen-bond acceptors (Lipinski definition) is 4. The lowest BCUT2D eigenvalue weighted by molar-refractivity contribution is -0.136. The molecule has 232 valence electrons. The fraction of sp³-hybridized carbons (Fsp3) is 0.154. The maximum absolute atomic E-state index is 13.6. The molecule has 0 saturated heterocycles. The Morgan fingerprint density at radius 3 is 1.63 bits per heavy atom. The molecule has 0 bridgehead atoms. The molecule has 46 heavy (non-hydrogen) atoms. The monoisotopic (exact) mass is 610 g/mol. The molecule has 0 aromatic heterocycles.